The summed E-state index contributed by atoms with van der Waals surface area (Å²) in [6.45, 7) is 1.57. The molecule has 0 aromatic carbocycles. The molecule has 2 rings (SSSR count). The van der Waals surface area contributed by atoms with Crippen molar-refractivity contribution in [2.75, 3.05) is 25.0 Å². The second-order valence-electron chi connectivity index (χ2n) is 4.08. The molecule has 0 amide bonds. The Hall–Kier alpha value is -2.01. The fourth-order valence-electron chi connectivity index (χ4n) is 1.64. The van der Waals surface area contributed by atoms with Crippen LogP contribution in [0.15, 0.2) is 36.7 Å². The minimum absolute atomic E-state index is 0.686. The Kier molecular flexibility index (Phi) is 4.20. The monoisotopic (exact) mass is 243 g/mol. The summed E-state index contributed by atoms with van der Waals surface area (Å²) in [5, 5.41) is 8.43. The molecule has 94 valence electrons. The molecule has 0 atom stereocenters. The molecule has 0 unspecified atom stereocenters. The SMILES string of the molecule is CN(CCCN)c1ccc(-c2cccnc2)nn1. The normalized spacial score (nSPS) is 10.3. The lowest BCUT2D eigenvalue weighted by atomic mass is 10.2. The van der Waals surface area contributed by atoms with Crippen molar-refractivity contribution in [2.24, 2.45) is 5.73 Å². The van der Waals surface area contributed by atoms with E-state index in [0.717, 1.165) is 30.0 Å². The summed E-state index contributed by atoms with van der Waals surface area (Å²) in [7, 11) is 1.99. The van der Waals surface area contributed by atoms with Crippen LogP contribution in [0.4, 0.5) is 5.82 Å². The van der Waals surface area contributed by atoms with Crippen LogP contribution in [0.2, 0.25) is 0 Å². The molecule has 0 saturated carbocycles. The molecule has 2 aromatic heterocycles. The Labute approximate surface area is 107 Å². The van der Waals surface area contributed by atoms with Gasteiger partial charge in [0.2, 0.25) is 0 Å². The van der Waals surface area contributed by atoms with Crippen molar-refractivity contribution in [1.82, 2.24) is 15.2 Å². The van der Waals surface area contributed by atoms with Crippen LogP contribution in [0, 0.1) is 0 Å². The van der Waals surface area contributed by atoms with Gasteiger partial charge in [-0.15, -0.1) is 10.2 Å². The molecule has 0 aliphatic heterocycles. The zero-order valence-corrected chi connectivity index (χ0v) is 10.5. The largest absolute Gasteiger partial charge is 0.358 e. The highest BCUT2D eigenvalue weighted by Gasteiger charge is 2.04. The van der Waals surface area contributed by atoms with Crippen LogP contribution in [0.3, 0.4) is 0 Å². The van der Waals surface area contributed by atoms with Gasteiger partial charge in [-0.05, 0) is 37.2 Å². The Morgan fingerprint density at radius 3 is 2.72 bits per heavy atom. The van der Waals surface area contributed by atoms with Crippen LogP contribution in [0.25, 0.3) is 11.3 Å². The number of pyridine rings is 1. The van der Waals surface area contributed by atoms with Crippen molar-refractivity contribution < 1.29 is 0 Å². The molecule has 2 N–H and O–H groups in total. The number of aromatic nitrogens is 3. The first-order valence-corrected chi connectivity index (χ1v) is 5.96. The van der Waals surface area contributed by atoms with Crippen LogP contribution in [0.5, 0.6) is 0 Å². The van der Waals surface area contributed by atoms with Crippen molar-refractivity contribution in [1.29, 1.82) is 0 Å². The summed E-state index contributed by atoms with van der Waals surface area (Å²) in [6.07, 6.45) is 4.47. The molecule has 0 saturated heterocycles. The number of nitrogens with zero attached hydrogens (tertiary/aromatic N) is 4. The third kappa shape index (κ3) is 3.01. The fourth-order valence-corrected chi connectivity index (χ4v) is 1.64. The second-order valence-corrected chi connectivity index (χ2v) is 4.08. The van der Waals surface area contributed by atoms with Gasteiger partial charge >= 0.3 is 0 Å². The van der Waals surface area contributed by atoms with Crippen LogP contribution >= 0.6 is 0 Å². The maximum atomic E-state index is 5.49. The first kappa shape index (κ1) is 12.4. The predicted octanol–water partition coefficient (Wildman–Crippen LogP) is 1.32. The highest BCUT2D eigenvalue weighted by atomic mass is 15.2. The summed E-state index contributed by atoms with van der Waals surface area (Å²) in [5.74, 6) is 0.857. The lowest BCUT2D eigenvalue weighted by Gasteiger charge is -2.16. The minimum Gasteiger partial charge on any atom is -0.358 e. The average Bonchev–Trinajstić information content (AvgIpc) is 2.46. The van der Waals surface area contributed by atoms with Crippen LogP contribution < -0.4 is 10.6 Å². The first-order chi connectivity index (χ1) is 8.81. The Morgan fingerprint density at radius 2 is 2.11 bits per heavy atom. The lowest BCUT2D eigenvalue weighted by Crippen LogP contribution is -2.22. The van der Waals surface area contributed by atoms with Gasteiger partial charge in [0, 0.05) is 31.5 Å². The van der Waals surface area contributed by atoms with E-state index in [-0.39, 0.29) is 0 Å². The van der Waals surface area contributed by atoms with E-state index in [9.17, 15) is 0 Å². The molecule has 0 fully saturated rings. The Morgan fingerprint density at radius 1 is 1.22 bits per heavy atom. The molecule has 2 aromatic rings. The van der Waals surface area contributed by atoms with Gasteiger partial charge in [0.15, 0.2) is 5.82 Å². The molecule has 0 spiro atoms. The maximum Gasteiger partial charge on any atom is 0.151 e. The highest BCUT2D eigenvalue weighted by molar-refractivity contribution is 5.58. The zero-order valence-electron chi connectivity index (χ0n) is 10.5. The lowest BCUT2D eigenvalue weighted by molar-refractivity contribution is 0.778. The molecule has 0 aliphatic rings. The van der Waals surface area contributed by atoms with Crippen molar-refractivity contribution >= 4 is 5.82 Å². The zero-order chi connectivity index (χ0) is 12.8. The van der Waals surface area contributed by atoms with Crippen LogP contribution in [-0.2, 0) is 0 Å². The number of hydrogen-bond donors (Lipinski definition) is 1. The highest BCUT2D eigenvalue weighted by Crippen LogP contribution is 2.16. The molecule has 5 heteroatoms. The quantitative estimate of drug-likeness (QED) is 0.858. The van der Waals surface area contributed by atoms with Crippen molar-refractivity contribution in [3.05, 3.63) is 36.7 Å². The van der Waals surface area contributed by atoms with Gasteiger partial charge in [-0.25, -0.2) is 0 Å². The minimum atomic E-state index is 0.686. The van der Waals surface area contributed by atoms with E-state index in [0.29, 0.717) is 6.54 Å². The third-order valence-electron chi connectivity index (χ3n) is 2.70. The first-order valence-electron chi connectivity index (χ1n) is 5.96. The molecule has 0 aliphatic carbocycles. The van der Waals surface area contributed by atoms with Gasteiger partial charge < -0.3 is 10.6 Å². The fraction of sp³-hybridized carbons (Fsp3) is 0.308. The maximum absolute atomic E-state index is 5.49. The van der Waals surface area contributed by atoms with Crippen molar-refractivity contribution in [3.8, 4) is 11.3 Å². The molecule has 2 heterocycles. The predicted molar refractivity (Wildman–Crippen MR) is 72.2 cm³/mol. The Bertz CT molecular complexity index is 469. The Balaban J connectivity index is 2.10. The van der Waals surface area contributed by atoms with E-state index in [1.807, 2.05) is 36.2 Å². The topological polar surface area (TPSA) is 67.9 Å². The number of nitrogens with two attached hydrogens (primary N) is 1. The summed E-state index contributed by atoms with van der Waals surface area (Å²) in [6, 6.07) is 7.78. The molecule has 18 heavy (non-hydrogen) atoms. The van der Waals surface area contributed by atoms with E-state index in [4.69, 9.17) is 5.73 Å². The summed E-state index contributed by atoms with van der Waals surface area (Å²) >= 11 is 0. The summed E-state index contributed by atoms with van der Waals surface area (Å²) in [5.41, 5.74) is 7.29. The van der Waals surface area contributed by atoms with E-state index in [1.54, 1.807) is 12.4 Å². The van der Waals surface area contributed by atoms with Gasteiger partial charge in [-0.1, -0.05) is 0 Å². The summed E-state index contributed by atoms with van der Waals surface area (Å²) in [4.78, 5) is 6.12. The average molecular weight is 243 g/mol. The van der Waals surface area contributed by atoms with Gasteiger partial charge in [0.05, 0.1) is 5.69 Å². The van der Waals surface area contributed by atoms with Gasteiger partial charge in [-0.3, -0.25) is 4.98 Å². The van der Waals surface area contributed by atoms with E-state index >= 15 is 0 Å². The van der Waals surface area contributed by atoms with E-state index < -0.39 is 0 Å². The number of hydrogen-bond acceptors (Lipinski definition) is 5. The van der Waals surface area contributed by atoms with Crippen molar-refractivity contribution in [2.45, 2.75) is 6.42 Å². The van der Waals surface area contributed by atoms with Crippen LogP contribution in [0.1, 0.15) is 6.42 Å². The standard InChI is InChI=1S/C13H17N5/c1-18(9-3-7-14)13-6-5-12(16-17-13)11-4-2-8-15-10-11/h2,4-6,8,10H,3,7,9,14H2,1H3. The van der Waals surface area contributed by atoms with Crippen molar-refractivity contribution in [3.63, 3.8) is 0 Å². The van der Waals surface area contributed by atoms with E-state index in [1.165, 1.54) is 0 Å². The molecule has 5 nitrogen and oxygen atoms in total. The second kappa shape index (κ2) is 6.07. The molecule has 0 bridgehead atoms. The van der Waals surface area contributed by atoms with E-state index in [2.05, 4.69) is 15.2 Å². The molecule has 0 radical (unpaired) electrons. The molecular formula is C13H17N5. The van der Waals surface area contributed by atoms with Gasteiger partial charge in [0.25, 0.3) is 0 Å². The van der Waals surface area contributed by atoms with Crippen LogP contribution in [-0.4, -0.2) is 35.3 Å². The third-order valence-corrected chi connectivity index (χ3v) is 2.70. The summed E-state index contributed by atoms with van der Waals surface area (Å²) < 4.78 is 0. The molecular weight excluding hydrogens is 226 g/mol. The van der Waals surface area contributed by atoms with Gasteiger partial charge in [0.1, 0.15) is 0 Å². The number of rotatable bonds is 5. The number of anilines is 1. The smallest absolute Gasteiger partial charge is 0.151 e. The van der Waals surface area contributed by atoms with Gasteiger partial charge in [-0.2, -0.15) is 0 Å².